The van der Waals surface area contributed by atoms with Crippen LogP contribution >= 0.6 is 0 Å². The van der Waals surface area contributed by atoms with Crippen LogP contribution < -0.4 is 0 Å². The monoisotopic (exact) mass is 174 g/mol. The molecule has 0 aromatic rings. The highest BCUT2D eigenvalue weighted by atomic mass is 16.5. The summed E-state index contributed by atoms with van der Waals surface area (Å²) in [6.07, 6.45) is 2.03. The maximum Gasteiger partial charge on any atom is 0.0720 e. The summed E-state index contributed by atoms with van der Waals surface area (Å²) in [5.41, 5.74) is 0.00993. The Balaban J connectivity index is 4.15. The smallest absolute Gasteiger partial charge is 0.0720 e. The van der Waals surface area contributed by atoms with Crippen LogP contribution in [0.4, 0.5) is 0 Å². The third-order valence-electron chi connectivity index (χ3n) is 2.79. The van der Waals surface area contributed by atoms with Crippen molar-refractivity contribution in [2.75, 3.05) is 20.8 Å². The van der Waals surface area contributed by atoms with Gasteiger partial charge in [0.05, 0.1) is 5.60 Å². The molecule has 0 unspecified atom stereocenters. The zero-order chi connectivity index (χ0) is 9.61. The molecular weight excluding hydrogens is 152 g/mol. The summed E-state index contributed by atoms with van der Waals surface area (Å²) in [5, 5.41) is 0. The van der Waals surface area contributed by atoms with Crippen LogP contribution in [-0.2, 0) is 9.47 Å². The average molecular weight is 174 g/mol. The van der Waals surface area contributed by atoms with Crippen molar-refractivity contribution in [2.24, 2.45) is 5.92 Å². The number of hydrogen-bond acceptors (Lipinski definition) is 2. The quantitative estimate of drug-likeness (QED) is 0.616. The van der Waals surface area contributed by atoms with Crippen molar-refractivity contribution in [3.63, 3.8) is 0 Å². The van der Waals surface area contributed by atoms with Gasteiger partial charge in [-0.15, -0.1) is 0 Å². The van der Waals surface area contributed by atoms with Crippen molar-refractivity contribution in [3.8, 4) is 0 Å². The van der Waals surface area contributed by atoms with Gasteiger partial charge in [-0.3, -0.25) is 0 Å². The van der Waals surface area contributed by atoms with E-state index in [-0.39, 0.29) is 5.60 Å². The fraction of sp³-hybridized carbons (Fsp3) is 1.00. The molecule has 0 bridgehead atoms. The van der Waals surface area contributed by atoms with Crippen molar-refractivity contribution in [2.45, 2.75) is 39.2 Å². The maximum absolute atomic E-state index is 5.57. The molecule has 0 aromatic carbocycles. The lowest BCUT2D eigenvalue weighted by atomic mass is 9.85. The molecule has 12 heavy (non-hydrogen) atoms. The Morgan fingerprint density at radius 3 is 2.08 bits per heavy atom. The molecule has 0 saturated carbocycles. The predicted octanol–water partition coefficient (Wildman–Crippen LogP) is 2.47. The summed E-state index contributed by atoms with van der Waals surface area (Å²) >= 11 is 0. The van der Waals surface area contributed by atoms with Crippen molar-refractivity contribution < 1.29 is 9.47 Å². The highest BCUT2D eigenvalue weighted by Gasteiger charge is 2.30. The minimum absolute atomic E-state index is 0.00993. The molecule has 0 aliphatic carbocycles. The van der Waals surface area contributed by atoms with E-state index in [1.807, 2.05) is 0 Å². The van der Waals surface area contributed by atoms with Gasteiger partial charge in [-0.1, -0.05) is 20.8 Å². The normalized spacial score (nSPS) is 16.5. The van der Waals surface area contributed by atoms with Crippen molar-refractivity contribution in [1.82, 2.24) is 0 Å². The first-order valence-electron chi connectivity index (χ1n) is 4.67. The summed E-state index contributed by atoms with van der Waals surface area (Å²) in [6.45, 7) is 7.34. The van der Waals surface area contributed by atoms with Crippen LogP contribution in [0.2, 0.25) is 0 Å². The van der Waals surface area contributed by atoms with E-state index in [0.29, 0.717) is 5.92 Å². The Morgan fingerprint density at radius 1 is 1.25 bits per heavy atom. The van der Waals surface area contributed by atoms with Crippen molar-refractivity contribution in [1.29, 1.82) is 0 Å². The van der Waals surface area contributed by atoms with Crippen LogP contribution in [0.15, 0.2) is 0 Å². The van der Waals surface area contributed by atoms with Gasteiger partial charge in [0.1, 0.15) is 0 Å². The molecule has 1 atom stereocenters. The zero-order valence-corrected chi connectivity index (χ0v) is 9.02. The molecule has 0 heterocycles. The zero-order valence-electron chi connectivity index (χ0n) is 9.02. The lowest BCUT2D eigenvalue weighted by Gasteiger charge is -2.35. The van der Waals surface area contributed by atoms with Gasteiger partial charge in [0.25, 0.3) is 0 Å². The lowest BCUT2D eigenvalue weighted by molar-refractivity contribution is -0.0691. The van der Waals surface area contributed by atoms with Gasteiger partial charge in [0, 0.05) is 20.8 Å². The molecule has 0 fully saturated rings. The summed E-state index contributed by atoms with van der Waals surface area (Å²) in [4.78, 5) is 0. The highest BCUT2D eigenvalue weighted by molar-refractivity contribution is 4.82. The molecule has 0 aromatic heterocycles. The fourth-order valence-corrected chi connectivity index (χ4v) is 1.63. The van der Waals surface area contributed by atoms with Crippen molar-refractivity contribution >= 4 is 0 Å². The topological polar surface area (TPSA) is 18.5 Å². The molecule has 0 spiro atoms. The Hall–Kier alpha value is -0.0800. The summed E-state index contributed by atoms with van der Waals surface area (Å²) in [6, 6.07) is 0. The van der Waals surface area contributed by atoms with E-state index in [1.54, 1.807) is 14.2 Å². The standard InChI is InChI=1S/C10H22O2/c1-6-10(12-5,9(2)3)7-8-11-4/h9H,6-8H2,1-5H3/t10-/m1/s1. The van der Waals surface area contributed by atoms with E-state index in [0.717, 1.165) is 19.4 Å². The minimum Gasteiger partial charge on any atom is -0.385 e. The van der Waals surface area contributed by atoms with Gasteiger partial charge in [-0.05, 0) is 18.8 Å². The number of ether oxygens (including phenoxy) is 2. The summed E-state index contributed by atoms with van der Waals surface area (Å²) < 4.78 is 10.6. The third-order valence-corrected chi connectivity index (χ3v) is 2.79. The second-order valence-corrected chi connectivity index (χ2v) is 3.52. The molecule has 2 nitrogen and oxygen atoms in total. The number of hydrogen-bond donors (Lipinski definition) is 0. The van der Waals surface area contributed by atoms with E-state index in [9.17, 15) is 0 Å². The van der Waals surface area contributed by atoms with Gasteiger partial charge in [0.15, 0.2) is 0 Å². The summed E-state index contributed by atoms with van der Waals surface area (Å²) in [7, 11) is 3.52. The van der Waals surface area contributed by atoms with Gasteiger partial charge in [-0.2, -0.15) is 0 Å². The van der Waals surface area contributed by atoms with Crippen LogP contribution in [0, 0.1) is 5.92 Å². The number of rotatable bonds is 6. The van der Waals surface area contributed by atoms with E-state index in [4.69, 9.17) is 9.47 Å². The lowest BCUT2D eigenvalue weighted by Crippen LogP contribution is -2.37. The molecule has 0 radical (unpaired) electrons. The largest absolute Gasteiger partial charge is 0.385 e. The molecule has 74 valence electrons. The molecule has 0 aliphatic rings. The van der Waals surface area contributed by atoms with Crippen LogP contribution in [0.5, 0.6) is 0 Å². The molecule has 0 N–H and O–H groups in total. The minimum atomic E-state index is 0.00993. The molecular formula is C10H22O2. The van der Waals surface area contributed by atoms with Crippen LogP contribution in [0.3, 0.4) is 0 Å². The average Bonchev–Trinajstić information content (AvgIpc) is 2.07. The first-order chi connectivity index (χ1) is 5.63. The molecule has 0 rings (SSSR count). The Labute approximate surface area is 76.3 Å². The van der Waals surface area contributed by atoms with Gasteiger partial charge < -0.3 is 9.47 Å². The maximum atomic E-state index is 5.57. The SMILES string of the molecule is CC[C@](CCOC)(OC)C(C)C. The first kappa shape index (κ1) is 11.9. The second-order valence-electron chi connectivity index (χ2n) is 3.52. The predicted molar refractivity (Wildman–Crippen MR) is 51.4 cm³/mol. The first-order valence-corrected chi connectivity index (χ1v) is 4.67. The molecule has 2 heteroatoms. The van der Waals surface area contributed by atoms with Crippen LogP contribution in [-0.4, -0.2) is 26.4 Å². The van der Waals surface area contributed by atoms with Crippen molar-refractivity contribution in [3.05, 3.63) is 0 Å². The van der Waals surface area contributed by atoms with Crippen LogP contribution in [0.25, 0.3) is 0 Å². The molecule has 0 amide bonds. The Bertz CT molecular complexity index is 106. The van der Waals surface area contributed by atoms with E-state index in [2.05, 4.69) is 20.8 Å². The van der Waals surface area contributed by atoms with E-state index >= 15 is 0 Å². The van der Waals surface area contributed by atoms with Gasteiger partial charge in [0.2, 0.25) is 0 Å². The second kappa shape index (κ2) is 5.55. The Kier molecular flexibility index (Phi) is 5.51. The number of methoxy groups -OCH3 is 2. The Morgan fingerprint density at radius 2 is 1.83 bits per heavy atom. The third kappa shape index (κ3) is 2.76. The van der Waals surface area contributed by atoms with Crippen LogP contribution in [0.1, 0.15) is 33.6 Å². The molecule has 0 saturated heterocycles. The highest BCUT2D eigenvalue weighted by Crippen LogP contribution is 2.28. The fourth-order valence-electron chi connectivity index (χ4n) is 1.63. The molecule has 0 aliphatic heterocycles. The van der Waals surface area contributed by atoms with Gasteiger partial charge >= 0.3 is 0 Å². The van der Waals surface area contributed by atoms with Gasteiger partial charge in [-0.25, -0.2) is 0 Å². The van der Waals surface area contributed by atoms with E-state index in [1.165, 1.54) is 0 Å². The summed E-state index contributed by atoms with van der Waals surface area (Å²) in [5.74, 6) is 0.544. The van der Waals surface area contributed by atoms with E-state index < -0.39 is 0 Å².